The zero-order chi connectivity index (χ0) is 16.1. The maximum absolute atomic E-state index is 2.99. The van der Waals surface area contributed by atoms with Crippen molar-refractivity contribution in [2.45, 2.75) is 43.7 Å². The molecule has 1 aliphatic carbocycles. The van der Waals surface area contributed by atoms with Crippen molar-refractivity contribution in [3.05, 3.63) is 24.3 Å². The Hall–Kier alpha value is 0.243. The van der Waals surface area contributed by atoms with Gasteiger partial charge in [-0.1, -0.05) is 0 Å². The molecule has 0 bridgehead atoms. The first-order valence-corrected chi connectivity index (χ1v) is 13.0. The van der Waals surface area contributed by atoms with E-state index in [0.29, 0.717) is 0 Å². The molecule has 21 heavy (non-hydrogen) atoms. The van der Waals surface area contributed by atoms with E-state index >= 15 is 0 Å². The molecule has 0 fully saturated rings. The Morgan fingerprint density at radius 2 is 1.14 bits per heavy atom. The second-order valence-corrected chi connectivity index (χ2v) is 17.2. The predicted molar refractivity (Wildman–Crippen MR) is 90.8 cm³/mol. The molecule has 0 aromatic carbocycles. The molecule has 4 heteroatoms. The third kappa shape index (κ3) is 3.15. The van der Waals surface area contributed by atoms with Gasteiger partial charge in [-0.3, -0.25) is 0 Å². The van der Waals surface area contributed by atoms with E-state index in [4.69, 9.17) is 0 Å². The molecule has 0 atom stereocenters. The Balaban J connectivity index is 3.53. The van der Waals surface area contributed by atoms with Gasteiger partial charge in [0.15, 0.2) is 0 Å². The van der Waals surface area contributed by atoms with E-state index in [-0.39, 0.29) is 3.12 Å². The first-order chi connectivity index (χ1) is 9.96. The summed E-state index contributed by atoms with van der Waals surface area (Å²) in [5.41, 5.74) is 0. The number of nitrogens with zero attached hydrogens (tertiary/aromatic N) is 3. The minimum absolute atomic E-state index is 0.254. The van der Waals surface area contributed by atoms with Gasteiger partial charge < -0.3 is 0 Å². The molecule has 1 aliphatic rings. The van der Waals surface area contributed by atoms with E-state index in [2.05, 4.69) is 81.7 Å². The van der Waals surface area contributed by atoms with E-state index in [1.807, 2.05) is 0 Å². The third-order valence-electron chi connectivity index (χ3n) is 5.21. The van der Waals surface area contributed by atoms with Crippen LogP contribution < -0.4 is 0 Å². The maximum atomic E-state index is 2.72. The van der Waals surface area contributed by atoms with E-state index in [1.165, 1.54) is 12.8 Å². The van der Waals surface area contributed by atoms with Gasteiger partial charge in [0.2, 0.25) is 0 Å². The molecule has 1 rings (SSSR count). The molecular formula is C17H35N3Zr. The molecule has 0 aliphatic heterocycles. The molecule has 0 N–H and O–H groups in total. The van der Waals surface area contributed by atoms with Gasteiger partial charge in [0.25, 0.3) is 0 Å². The summed E-state index contributed by atoms with van der Waals surface area (Å²) in [4.78, 5) is 0. The topological polar surface area (TPSA) is 9.72 Å². The van der Waals surface area contributed by atoms with Gasteiger partial charge in [-0.15, -0.1) is 0 Å². The van der Waals surface area contributed by atoms with Gasteiger partial charge in [-0.2, -0.15) is 0 Å². The molecule has 0 saturated carbocycles. The van der Waals surface area contributed by atoms with Crippen molar-refractivity contribution < 1.29 is 21.1 Å². The van der Waals surface area contributed by atoms with Crippen molar-refractivity contribution in [1.82, 2.24) is 8.53 Å². The monoisotopic (exact) mass is 371 g/mol. The number of allylic oxidation sites excluding steroid dienone is 4. The van der Waals surface area contributed by atoms with Crippen LogP contribution in [-0.2, 0) is 21.1 Å². The van der Waals surface area contributed by atoms with Crippen LogP contribution in [0.1, 0.15) is 40.5 Å². The van der Waals surface area contributed by atoms with Crippen molar-refractivity contribution in [3.63, 3.8) is 0 Å². The first-order valence-electron chi connectivity index (χ1n) is 8.47. The van der Waals surface area contributed by atoms with Gasteiger partial charge in [0.05, 0.1) is 0 Å². The fraction of sp³-hybridized carbons (Fsp3) is 0.765. The second-order valence-electron chi connectivity index (χ2n) is 6.19. The van der Waals surface area contributed by atoms with Crippen LogP contribution in [0.15, 0.2) is 24.3 Å². The van der Waals surface area contributed by atoms with Crippen LogP contribution in [0.4, 0.5) is 0 Å². The zero-order valence-electron chi connectivity index (χ0n) is 15.2. The van der Waals surface area contributed by atoms with E-state index in [9.17, 15) is 0 Å². The summed E-state index contributed by atoms with van der Waals surface area (Å²) in [6.07, 6.45) is 12.1. The molecule has 122 valence electrons. The van der Waals surface area contributed by atoms with Crippen molar-refractivity contribution in [3.8, 4) is 0 Å². The van der Waals surface area contributed by atoms with Crippen LogP contribution >= 0.6 is 0 Å². The number of hydrogen-bond acceptors (Lipinski definition) is 3. The standard InChI is InChI=1S/C8H11.3C3H8N.Zr/c1-2-5-8-6-3-4-7-8;3*1-3-4-2;/h3-4,6-7H,2,5H2,1H3;3*3H2,1-2H3;/q;3*-1;+3. The van der Waals surface area contributed by atoms with Crippen molar-refractivity contribution in [2.24, 2.45) is 0 Å². The predicted octanol–water partition coefficient (Wildman–Crippen LogP) is 3.83. The van der Waals surface area contributed by atoms with Gasteiger partial charge in [-0.05, 0) is 0 Å². The first kappa shape index (κ1) is 19.3. The quantitative estimate of drug-likeness (QED) is 0.609. The summed E-state index contributed by atoms with van der Waals surface area (Å²) in [6, 6.07) is 0. The molecule has 0 spiro atoms. The van der Waals surface area contributed by atoms with Crippen LogP contribution in [0.5, 0.6) is 0 Å². The van der Waals surface area contributed by atoms with Crippen molar-refractivity contribution >= 4 is 0 Å². The molecule has 0 aromatic heterocycles. The fourth-order valence-electron chi connectivity index (χ4n) is 4.08. The van der Waals surface area contributed by atoms with E-state index < -0.39 is 21.1 Å². The summed E-state index contributed by atoms with van der Waals surface area (Å²) < 4.78 is 8.41. The Bertz CT molecular complexity index is 340. The number of rotatable bonds is 9. The number of hydrogen-bond donors (Lipinski definition) is 0. The normalized spacial score (nSPS) is 17.6. The van der Waals surface area contributed by atoms with Crippen molar-refractivity contribution in [2.75, 3.05) is 40.8 Å². The zero-order valence-corrected chi connectivity index (χ0v) is 17.6. The van der Waals surface area contributed by atoms with Gasteiger partial charge in [-0.25, -0.2) is 0 Å². The van der Waals surface area contributed by atoms with Gasteiger partial charge >= 0.3 is 138 Å². The Kier molecular flexibility index (Phi) is 7.53. The summed E-state index contributed by atoms with van der Waals surface area (Å²) in [5, 5.41) is 0. The fourth-order valence-corrected chi connectivity index (χ4v) is 19.9. The summed E-state index contributed by atoms with van der Waals surface area (Å²) in [7, 11) is 7.06. The average Bonchev–Trinajstić information content (AvgIpc) is 2.96. The van der Waals surface area contributed by atoms with Crippen LogP contribution in [0.25, 0.3) is 0 Å². The van der Waals surface area contributed by atoms with Gasteiger partial charge in [0, 0.05) is 0 Å². The molecule has 0 saturated heterocycles. The minimum atomic E-state index is -2.99. The SMILES string of the molecule is CCC[C]1([Zr]([N](C)CC)([N](C)CC)[N](C)CC)C=CC=C1. The Morgan fingerprint density at radius 3 is 1.43 bits per heavy atom. The molecule has 0 amide bonds. The van der Waals surface area contributed by atoms with Crippen LogP contribution in [0, 0.1) is 0 Å². The Labute approximate surface area is 138 Å². The van der Waals surface area contributed by atoms with Crippen LogP contribution in [0.2, 0.25) is 3.12 Å². The molecular weight excluding hydrogens is 337 g/mol. The average molecular weight is 373 g/mol. The van der Waals surface area contributed by atoms with Crippen LogP contribution in [0.3, 0.4) is 0 Å². The molecule has 0 heterocycles. The van der Waals surface area contributed by atoms with E-state index in [0.717, 1.165) is 19.6 Å². The molecule has 0 radical (unpaired) electrons. The van der Waals surface area contributed by atoms with Gasteiger partial charge in [0.1, 0.15) is 0 Å². The third-order valence-corrected chi connectivity index (χ3v) is 19.9. The molecule has 0 unspecified atom stereocenters. The molecule has 3 nitrogen and oxygen atoms in total. The summed E-state index contributed by atoms with van der Waals surface area (Å²) in [6.45, 7) is 12.6. The second kappa shape index (κ2) is 8.20. The molecule has 0 aromatic rings. The van der Waals surface area contributed by atoms with Crippen molar-refractivity contribution in [1.29, 1.82) is 0 Å². The van der Waals surface area contributed by atoms with E-state index in [1.54, 1.807) is 0 Å². The summed E-state index contributed by atoms with van der Waals surface area (Å²) >= 11 is -2.99. The van der Waals surface area contributed by atoms with Crippen LogP contribution in [-0.4, -0.2) is 49.3 Å². The Morgan fingerprint density at radius 1 is 0.762 bits per heavy atom. The summed E-state index contributed by atoms with van der Waals surface area (Å²) in [5.74, 6) is 0.